The Morgan fingerprint density at radius 3 is 3.06 bits per heavy atom. The van der Waals surface area contributed by atoms with Crippen LogP contribution in [0.4, 0.5) is 0 Å². The quantitative estimate of drug-likeness (QED) is 0.752. The fraction of sp³-hybridized carbons (Fsp3) is 0.455. The van der Waals surface area contributed by atoms with Gasteiger partial charge in [-0.3, -0.25) is 0 Å². The summed E-state index contributed by atoms with van der Waals surface area (Å²) in [6, 6.07) is 3.84. The predicted octanol–water partition coefficient (Wildman–Crippen LogP) is 1.69. The highest BCUT2D eigenvalue weighted by Gasteiger charge is 2.01. The molecule has 0 atom stereocenters. The lowest BCUT2D eigenvalue weighted by atomic mass is 10.3. The molecule has 0 spiro atoms. The molecular formula is C11H15N3O2. The maximum atomic E-state index is 5.20. The third-order valence-electron chi connectivity index (χ3n) is 2.19. The second-order valence-corrected chi connectivity index (χ2v) is 3.60. The first-order valence-electron chi connectivity index (χ1n) is 5.37. The summed E-state index contributed by atoms with van der Waals surface area (Å²) in [7, 11) is 0. The van der Waals surface area contributed by atoms with E-state index < -0.39 is 0 Å². The van der Waals surface area contributed by atoms with Crippen molar-refractivity contribution >= 4 is 0 Å². The summed E-state index contributed by atoms with van der Waals surface area (Å²) in [6.07, 6.45) is 3.46. The Bertz CT molecular complexity index is 409. The summed E-state index contributed by atoms with van der Waals surface area (Å²) in [6.45, 7) is 3.49. The van der Waals surface area contributed by atoms with Gasteiger partial charge in [-0.05, 0) is 32.0 Å². The summed E-state index contributed by atoms with van der Waals surface area (Å²) in [5.74, 6) is 2.35. The van der Waals surface area contributed by atoms with Crippen molar-refractivity contribution in [2.24, 2.45) is 0 Å². The topological polar surface area (TPSA) is 64.1 Å². The number of aromatic nitrogens is 2. The van der Waals surface area contributed by atoms with E-state index in [-0.39, 0.29) is 0 Å². The zero-order valence-electron chi connectivity index (χ0n) is 9.27. The van der Waals surface area contributed by atoms with Crippen molar-refractivity contribution in [3.8, 4) is 0 Å². The van der Waals surface area contributed by atoms with Crippen LogP contribution in [0, 0.1) is 6.92 Å². The Hall–Kier alpha value is -1.62. The summed E-state index contributed by atoms with van der Waals surface area (Å²) in [4.78, 5) is 4.13. The minimum Gasteiger partial charge on any atom is -0.468 e. The molecule has 2 rings (SSSR count). The number of aryl methyl sites for hydroxylation is 2. The van der Waals surface area contributed by atoms with Crippen molar-refractivity contribution in [2.45, 2.75) is 26.3 Å². The van der Waals surface area contributed by atoms with Gasteiger partial charge in [-0.15, -0.1) is 0 Å². The molecular weight excluding hydrogens is 206 g/mol. The molecule has 0 saturated carbocycles. The maximum absolute atomic E-state index is 5.20. The maximum Gasteiger partial charge on any atom is 0.226 e. The van der Waals surface area contributed by atoms with Gasteiger partial charge in [-0.2, -0.15) is 4.98 Å². The van der Waals surface area contributed by atoms with Crippen LogP contribution in [0.2, 0.25) is 0 Å². The Morgan fingerprint density at radius 2 is 2.38 bits per heavy atom. The smallest absolute Gasteiger partial charge is 0.226 e. The molecule has 2 aromatic heterocycles. The van der Waals surface area contributed by atoms with E-state index in [1.165, 1.54) is 0 Å². The number of furan rings is 1. The predicted molar refractivity (Wildman–Crippen MR) is 57.8 cm³/mol. The highest BCUT2D eigenvalue weighted by molar-refractivity contribution is 4.97. The van der Waals surface area contributed by atoms with Crippen LogP contribution in [0.3, 0.4) is 0 Å². The number of hydrogen-bond donors (Lipinski definition) is 1. The van der Waals surface area contributed by atoms with E-state index in [1.54, 1.807) is 6.26 Å². The van der Waals surface area contributed by atoms with Gasteiger partial charge in [0.25, 0.3) is 0 Å². The van der Waals surface area contributed by atoms with E-state index in [1.807, 2.05) is 19.1 Å². The lowest BCUT2D eigenvalue weighted by Crippen LogP contribution is -2.14. The number of hydrogen-bond acceptors (Lipinski definition) is 5. The summed E-state index contributed by atoms with van der Waals surface area (Å²) in [5, 5.41) is 7.02. The molecule has 0 radical (unpaired) electrons. The van der Waals surface area contributed by atoms with E-state index in [2.05, 4.69) is 15.5 Å². The second kappa shape index (κ2) is 5.46. The van der Waals surface area contributed by atoms with Crippen LogP contribution in [0.1, 0.15) is 23.9 Å². The van der Waals surface area contributed by atoms with Crippen LogP contribution in [-0.4, -0.2) is 16.7 Å². The van der Waals surface area contributed by atoms with Gasteiger partial charge in [-0.1, -0.05) is 5.16 Å². The van der Waals surface area contributed by atoms with Crippen molar-refractivity contribution in [3.63, 3.8) is 0 Å². The van der Waals surface area contributed by atoms with E-state index >= 15 is 0 Å². The third-order valence-corrected chi connectivity index (χ3v) is 2.19. The van der Waals surface area contributed by atoms with E-state index in [0.29, 0.717) is 11.7 Å². The molecule has 16 heavy (non-hydrogen) atoms. The Morgan fingerprint density at radius 1 is 1.44 bits per heavy atom. The lowest BCUT2D eigenvalue weighted by Gasteiger charge is -2.00. The van der Waals surface area contributed by atoms with Gasteiger partial charge in [0.05, 0.1) is 12.8 Å². The monoisotopic (exact) mass is 221 g/mol. The van der Waals surface area contributed by atoms with Gasteiger partial charge >= 0.3 is 0 Å². The fourth-order valence-corrected chi connectivity index (χ4v) is 1.43. The van der Waals surface area contributed by atoms with Crippen LogP contribution >= 0.6 is 0 Å². The van der Waals surface area contributed by atoms with Crippen molar-refractivity contribution in [2.75, 3.05) is 6.54 Å². The first-order valence-corrected chi connectivity index (χ1v) is 5.37. The molecule has 0 aliphatic heterocycles. The van der Waals surface area contributed by atoms with Crippen LogP contribution in [0.5, 0.6) is 0 Å². The second-order valence-electron chi connectivity index (χ2n) is 3.60. The standard InChI is InChI=1S/C11H15N3O2/c1-9-13-11(16-14-9)5-2-6-12-8-10-4-3-7-15-10/h3-4,7,12H,2,5-6,8H2,1H3. The largest absolute Gasteiger partial charge is 0.468 e. The Balaban J connectivity index is 1.59. The van der Waals surface area contributed by atoms with E-state index in [9.17, 15) is 0 Å². The molecule has 1 N–H and O–H groups in total. The highest BCUT2D eigenvalue weighted by atomic mass is 16.5. The van der Waals surface area contributed by atoms with Crippen molar-refractivity contribution in [1.29, 1.82) is 0 Å². The zero-order chi connectivity index (χ0) is 11.2. The molecule has 2 aromatic rings. The van der Waals surface area contributed by atoms with Crippen molar-refractivity contribution < 1.29 is 8.94 Å². The zero-order valence-corrected chi connectivity index (χ0v) is 9.27. The normalized spacial score (nSPS) is 10.8. The molecule has 0 fully saturated rings. The van der Waals surface area contributed by atoms with E-state index in [4.69, 9.17) is 8.94 Å². The van der Waals surface area contributed by atoms with E-state index in [0.717, 1.165) is 31.7 Å². The van der Waals surface area contributed by atoms with Crippen LogP contribution in [0.25, 0.3) is 0 Å². The Kier molecular flexibility index (Phi) is 3.71. The first kappa shape index (κ1) is 10.9. The molecule has 0 unspecified atom stereocenters. The van der Waals surface area contributed by atoms with Crippen LogP contribution < -0.4 is 5.32 Å². The van der Waals surface area contributed by atoms with Gasteiger partial charge < -0.3 is 14.3 Å². The molecule has 5 heteroatoms. The van der Waals surface area contributed by atoms with Crippen LogP contribution in [-0.2, 0) is 13.0 Å². The van der Waals surface area contributed by atoms with Gasteiger partial charge in [0.2, 0.25) is 5.89 Å². The number of nitrogens with one attached hydrogen (secondary N) is 1. The molecule has 5 nitrogen and oxygen atoms in total. The molecule has 0 aromatic carbocycles. The number of nitrogens with zero attached hydrogens (tertiary/aromatic N) is 2. The van der Waals surface area contributed by atoms with Crippen molar-refractivity contribution in [3.05, 3.63) is 35.9 Å². The summed E-state index contributed by atoms with van der Waals surface area (Å²) >= 11 is 0. The molecule has 2 heterocycles. The van der Waals surface area contributed by atoms with Crippen molar-refractivity contribution in [1.82, 2.24) is 15.5 Å². The van der Waals surface area contributed by atoms with Gasteiger partial charge in [0.1, 0.15) is 5.76 Å². The molecule has 86 valence electrons. The van der Waals surface area contributed by atoms with Gasteiger partial charge in [-0.25, -0.2) is 0 Å². The SMILES string of the molecule is Cc1noc(CCCNCc2ccco2)n1. The Labute approximate surface area is 93.8 Å². The van der Waals surface area contributed by atoms with Crippen LogP contribution in [0.15, 0.2) is 27.3 Å². The first-order chi connectivity index (χ1) is 7.84. The molecule has 0 aliphatic carbocycles. The highest BCUT2D eigenvalue weighted by Crippen LogP contribution is 2.01. The minimum atomic E-state index is 0.693. The fourth-order valence-electron chi connectivity index (χ4n) is 1.43. The summed E-state index contributed by atoms with van der Waals surface area (Å²) in [5.41, 5.74) is 0. The van der Waals surface area contributed by atoms with Gasteiger partial charge in [0.15, 0.2) is 5.82 Å². The average Bonchev–Trinajstić information content (AvgIpc) is 2.89. The average molecular weight is 221 g/mol. The molecule has 0 saturated heterocycles. The summed E-state index contributed by atoms with van der Waals surface area (Å²) < 4.78 is 10.2. The molecule has 0 aliphatic rings. The number of rotatable bonds is 6. The third kappa shape index (κ3) is 3.20. The molecule has 0 bridgehead atoms. The lowest BCUT2D eigenvalue weighted by molar-refractivity contribution is 0.370. The minimum absolute atomic E-state index is 0.693. The molecule has 0 amide bonds. The van der Waals surface area contributed by atoms with Gasteiger partial charge in [0, 0.05) is 6.42 Å².